The first-order chi connectivity index (χ1) is 11.1. The molecule has 0 aliphatic heterocycles. The van der Waals surface area contributed by atoms with Crippen LogP contribution in [-0.4, -0.2) is 42.9 Å². The number of carbonyl (C=O) groups excluding carboxylic acids is 1. The summed E-state index contributed by atoms with van der Waals surface area (Å²) in [6, 6.07) is 7.63. The highest BCUT2D eigenvalue weighted by Crippen LogP contribution is 2.10. The molecule has 0 aliphatic carbocycles. The van der Waals surface area contributed by atoms with Crippen LogP contribution in [0.15, 0.2) is 29.3 Å². The van der Waals surface area contributed by atoms with Gasteiger partial charge < -0.3 is 15.5 Å². The summed E-state index contributed by atoms with van der Waals surface area (Å²) in [5.41, 5.74) is 1.09. The van der Waals surface area contributed by atoms with Crippen molar-refractivity contribution < 1.29 is 4.79 Å². The Hall–Kier alpha value is -1.02. The number of amides is 1. The number of hydrogen-bond acceptors (Lipinski definition) is 2. The van der Waals surface area contributed by atoms with Crippen LogP contribution >= 0.6 is 35.6 Å². The lowest BCUT2D eigenvalue weighted by atomic mass is 10.2. The van der Waals surface area contributed by atoms with Crippen LogP contribution in [0.2, 0.25) is 5.02 Å². The van der Waals surface area contributed by atoms with Crippen molar-refractivity contribution in [3.8, 4) is 0 Å². The van der Waals surface area contributed by atoms with Gasteiger partial charge in [0.25, 0.3) is 0 Å². The molecule has 0 saturated heterocycles. The molecule has 0 spiro atoms. The van der Waals surface area contributed by atoms with Crippen molar-refractivity contribution in [3.63, 3.8) is 0 Å². The first-order valence-electron chi connectivity index (χ1n) is 8.15. The average molecular weight is 467 g/mol. The smallest absolute Gasteiger partial charge is 0.224 e. The van der Waals surface area contributed by atoms with Gasteiger partial charge in [-0.25, -0.2) is 4.99 Å². The zero-order valence-corrected chi connectivity index (χ0v) is 17.7. The van der Waals surface area contributed by atoms with Crippen LogP contribution in [0, 0.1) is 0 Å². The van der Waals surface area contributed by atoms with Crippen molar-refractivity contribution in [1.82, 2.24) is 15.5 Å². The van der Waals surface area contributed by atoms with Gasteiger partial charge in [-0.15, -0.1) is 24.0 Å². The number of carbonyl (C=O) groups is 1. The molecule has 7 heteroatoms. The van der Waals surface area contributed by atoms with Crippen molar-refractivity contribution in [2.45, 2.75) is 33.7 Å². The average Bonchev–Trinajstić information content (AvgIpc) is 2.55. The summed E-state index contributed by atoms with van der Waals surface area (Å²) >= 11 is 5.88. The van der Waals surface area contributed by atoms with Gasteiger partial charge in [0.05, 0.1) is 6.54 Å². The molecule has 1 amide bonds. The molecule has 0 bridgehead atoms. The lowest BCUT2D eigenvalue weighted by Gasteiger charge is -2.19. The zero-order valence-electron chi connectivity index (χ0n) is 14.6. The van der Waals surface area contributed by atoms with Crippen molar-refractivity contribution in [1.29, 1.82) is 0 Å². The van der Waals surface area contributed by atoms with E-state index in [4.69, 9.17) is 11.6 Å². The maximum absolute atomic E-state index is 12.0. The van der Waals surface area contributed by atoms with E-state index in [0.29, 0.717) is 19.5 Å². The summed E-state index contributed by atoms with van der Waals surface area (Å²) in [7, 11) is 0. The molecule has 0 radical (unpaired) electrons. The largest absolute Gasteiger partial charge is 0.357 e. The normalized spacial score (nSPS) is 10.8. The quantitative estimate of drug-likeness (QED) is 0.351. The van der Waals surface area contributed by atoms with Crippen molar-refractivity contribution in [2.75, 3.05) is 26.2 Å². The van der Waals surface area contributed by atoms with Gasteiger partial charge in [-0.2, -0.15) is 0 Å². The Labute approximate surface area is 167 Å². The molecular formula is C17H28ClIN4O. The fourth-order valence-electron chi connectivity index (χ4n) is 2.12. The van der Waals surface area contributed by atoms with Gasteiger partial charge in [0.2, 0.25) is 5.91 Å². The van der Waals surface area contributed by atoms with Crippen molar-refractivity contribution in [3.05, 3.63) is 34.9 Å². The number of nitrogens with one attached hydrogen (secondary N) is 2. The SMILES string of the molecule is CCNC(=NCc1ccc(Cl)cc1)NCCC(=O)N(CC)CC.I. The standard InChI is InChI=1S/C17H27ClN4O.HI/c1-4-19-17(20-12-11-16(23)22(5-2)6-3)21-13-14-7-9-15(18)10-8-14;/h7-10H,4-6,11-13H2,1-3H3,(H2,19,20,21);1H. The highest BCUT2D eigenvalue weighted by Gasteiger charge is 2.09. The van der Waals surface area contributed by atoms with E-state index >= 15 is 0 Å². The maximum Gasteiger partial charge on any atom is 0.224 e. The molecule has 1 aromatic carbocycles. The van der Waals surface area contributed by atoms with E-state index in [1.165, 1.54) is 0 Å². The summed E-state index contributed by atoms with van der Waals surface area (Å²) in [4.78, 5) is 18.3. The molecular weight excluding hydrogens is 439 g/mol. The van der Waals surface area contributed by atoms with Gasteiger partial charge in [-0.3, -0.25) is 4.79 Å². The number of aliphatic imine (C=N–C) groups is 1. The summed E-state index contributed by atoms with van der Waals surface area (Å²) in [6.45, 7) is 9.41. The topological polar surface area (TPSA) is 56.7 Å². The maximum atomic E-state index is 12.0. The Morgan fingerprint density at radius 3 is 2.29 bits per heavy atom. The molecule has 136 valence electrons. The molecule has 1 rings (SSSR count). The second kappa shape index (κ2) is 13.3. The summed E-state index contributed by atoms with van der Waals surface area (Å²) < 4.78 is 0. The van der Waals surface area contributed by atoms with Crippen molar-refractivity contribution >= 4 is 47.4 Å². The van der Waals surface area contributed by atoms with E-state index in [9.17, 15) is 4.79 Å². The molecule has 0 saturated carbocycles. The van der Waals surface area contributed by atoms with E-state index in [1.54, 1.807) is 0 Å². The lowest BCUT2D eigenvalue weighted by molar-refractivity contribution is -0.130. The molecule has 5 nitrogen and oxygen atoms in total. The lowest BCUT2D eigenvalue weighted by Crippen LogP contribution is -2.40. The summed E-state index contributed by atoms with van der Waals surface area (Å²) in [5, 5.41) is 7.10. The van der Waals surface area contributed by atoms with E-state index in [2.05, 4.69) is 15.6 Å². The van der Waals surface area contributed by atoms with Crippen LogP contribution in [0.25, 0.3) is 0 Å². The van der Waals surface area contributed by atoms with E-state index in [-0.39, 0.29) is 29.9 Å². The zero-order chi connectivity index (χ0) is 17.1. The molecule has 0 fully saturated rings. The Morgan fingerprint density at radius 2 is 1.75 bits per heavy atom. The molecule has 0 aliphatic rings. The number of hydrogen-bond donors (Lipinski definition) is 2. The molecule has 24 heavy (non-hydrogen) atoms. The Balaban J connectivity index is 0.00000529. The van der Waals surface area contributed by atoms with Crippen LogP contribution in [-0.2, 0) is 11.3 Å². The monoisotopic (exact) mass is 466 g/mol. The van der Waals surface area contributed by atoms with Gasteiger partial charge in [0.15, 0.2) is 5.96 Å². The second-order valence-electron chi connectivity index (χ2n) is 5.06. The molecule has 1 aromatic rings. The molecule has 0 atom stereocenters. The first kappa shape index (κ1) is 23.0. The van der Waals surface area contributed by atoms with Crippen molar-refractivity contribution in [2.24, 2.45) is 4.99 Å². The highest BCUT2D eigenvalue weighted by molar-refractivity contribution is 14.0. The van der Waals surface area contributed by atoms with Gasteiger partial charge >= 0.3 is 0 Å². The van der Waals surface area contributed by atoms with Gasteiger partial charge in [0, 0.05) is 37.6 Å². The fraction of sp³-hybridized carbons (Fsp3) is 0.529. The van der Waals surface area contributed by atoms with Crippen LogP contribution in [0.4, 0.5) is 0 Å². The predicted octanol–water partition coefficient (Wildman–Crippen LogP) is 3.27. The van der Waals surface area contributed by atoms with E-state index in [0.717, 1.165) is 36.2 Å². The van der Waals surface area contributed by atoms with Crippen LogP contribution < -0.4 is 10.6 Å². The third-order valence-corrected chi connectivity index (χ3v) is 3.68. The minimum Gasteiger partial charge on any atom is -0.357 e. The highest BCUT2D eigenvalue weighted by atomic mass is 127. The Kier molecular flexibility index (Phi) is 12.7. The van der Waals surface area contributed by atoms with E-state index < -0.39 is 0 Å². The van der Waals surface area contributed by atoms with Crippen LogP contribution in [0.5, 0.6) is 0 Å². The number of guanidine groups is 1. The first-order valence-corrected chi connectivity index (χ1v) is 8.52. The number of rotatable bonds is 8. The van der Waals surface area contributed by atoms with Crippen LogP contribution in [0.1, 0.15) is 32.8 Å². The number of benzene rings is 1. The molecule has 0 unspecified atom stereocenters. The third-order valence-electron chi connectivity index (χ3n) is 3.42. The summed E-state index contributed by atoms with van der Waals surface area (Å²) in [5.74, 6) is 0.880. The predicted molar refractivity (Wildman–Crippen MR) is 112 cm³/mol. The Morgan fingerprint density at radius 1 is 1.12 bits per heavy atom. The fourth-order valence-corrected chi connectivity index (χ4v) is 2.25. The van der Waals surface area contributed by atoms with Gasteiger partial charge in [0.1, 0.15) is 0 Å². The third kappa shape index (κ3) is 8.73. The molecule has 2 N–H and O–H groups in total. The van der Waals surface area contributed by atoms with Crippen LogP contribution in [0.3, 0.4) is 0 Å². The van der Waals surface area contributed by atoms with Gasteiger partial charge in [-0.05, 0) is 38.5 Å². The molecule has 0 aromatic heterocycles. The summed E-state index contributed by atoms with van der Waals surface area (Å²) in [6.07, 6.45) is 0.465. The number of halogens is 2. The number of nitrogens with zero attached hydrogens (tertiary/aromatic N) is 2. The minimum absolute atomic E-state index is 0. The van der Waals surface area contributed by atoms with E-state index in [1.807, 2.05) is 49.9 Å². The minimum atomic E-state index is 0. The Bertz CT molecular complexity index is 504. The molecule has 0 heterocycles. The second-order valence-corrected chi connectivity index (χ2v) is 5.50. The van der Waals surface area contributed by atoms with Gasteiger partial charge in [-0.1, -0.05) is 23.7 Å².